The van der Waals surface area contributed by atoms with Crippen LogP contribution >= 0.6 is 12.4 Å². The highest BCUT2D eigenvalue weighted by Crippen LogP contribution is 2.19. The molecule has 164 valence electrons. The average Bonchev–Trinajstić information content (AvgIpc) is 2.64. The summed E-state index contributed by atoms with van der Waals surface area (Å²) < 4.78 is 0. The number of nitrogens with two attached hydrogens (primary N) is 1. The van der Waals surface area contributed by atoms with E-state index in [1.165, 1.54) is 89.9 Å². The summed E-state index contributed by atoms with van der Waals surface area (Å²) in [6.07, 6.45) is 19.6. The van der Waals surface area contributed by atoms with Crippen LogP contribution in [0.2, 0.25) is 0 Å². The summed E-state index contributed by atoms with van der Waals surface area (Å²) in [5, 5.41) is 11.9. The number of unbranched alkanes of at least 4 members (excludes halogenated alkanes) is 10. The number of aliphatic hydroxyl groups excluding tert-OH is 1. The quantitative estimate of drug-likeness (QED) is 0.144. The smallest absolute Gasteiger partial charge is 0.188 e. The van der Waals surface area contributed by atoms with Crippen molar-refractivity contribution in [1.29, 1.82) is 0 Å². The maximum absolute atomic E-state index is 8.82. The second-order valence-electron chi connectivity index (χ2n) is 7.71. The Bertz CT molecular complexity index is 314. The molecule has 0 radical (unpaired) electrons. The van der Waals surface area contributed by atoms with Crippen LogP contribution in [0.4, 0.5) is 0 Å². The summed E-state index contributed by atoms with van der Waals surface area (Å²) in [5.74, 6) is 1.21. The minimum Gasteiger partial charge on any atom is -0.396 e. The molecule has 1 atom stereocenters. The molecule has 27 heavy (non-hydrogen) atoms. The van der Waals surface area contributed by atoms with Gasteiger partial charge in [-0.2, -0.15) is 0 Å². The van der Waals surface area contributed by atoms with E-state index < -0.39 is 0 Å². The zero-order valence-electron chi connectivity index (χ0n) is 18.2. The van der Waals surface area contributed by atoms with Gasteiger partial charge < -0.3 is 16.2 Å². The summed E-state index contributed by atoms with van der Waals surface area (Å²) in [7, 11) is 0. The van der Waals surface area contributed by atoms with E-state index >= 15 is 0 Å². The van der Waals surface area contributed by atoms with E-state index in [0.717, 1.165) is 13.0 Å². The van der Waals surface area contributed by atoms with Gasteiger partial charge in [-0.1, -0.05) is 90.9 Å². The minimum atomic E-state index is 0. The molecule has 0 aliphatic heterocycles. The lowest BCUT2D eigenvalue weighted by Crippen LogP contribution is -2.33. The molecular formula is C22H48ClN3O. The van der Waals surface area contributed by atoms with E-state index in [4.69, 9.17) is 10.8 Å². The molecule has 0 aliphatic carbocycles. The first-order chi connectivity index (χ1) is 12.7. The van der Waals surface area contributed by atoms with Gasteiger partial charge in [0.1, 0.15) is 0 Å². The maximum Gasteiger partial charge on any atom is 0.188 e. The highest BCUT2D eigenvalue weighted by atomic mass is 35.5. The van der Waals surface area contributed by atoms with Gasteiger partial charge in [0.25, 0.3) is 0 Å². The number of hydrogen-bond acceptors (Lipinski definition) is 2. The van der Waals surface area contributed by atoms with Crippen molar-refractivity contribution < 1.29 is 5.11 Å². The molecule has 0 spiro atoms. The van der Waals surface area contributed by atoms with Crippen molar-refractivity contribution in [2.75, 3.05) is 19.7 Å². The summed E-state index contributed by atoms with van der Waals surface area (Å²) in [6.45, 7) is 6.28. The van der Waals surface area contributed by atoms with Crippen LogP contribution in [0.5, 0.6) is 0 Å². The molecular weight excluding hydrogens is 358 g/mol. The van der Waals surface area contributed by atoms with E-state index in [0.29, 0.717) is 18.4 Å². The van der Waals surface area contributed by atoms with Crippen LogP contribution in [0.25, 0.3) is 0 Å². The summed E-state index contributed by atoms with van der Waals surface area (Å²) in [4.78, 5) is 4.55. The fourth-order valence-electron chi connectivity index (χ4n) is 3.33. The molecule has 0 fully saturated rings. The fraction of sp³-hybridized carbons (Fsp3) is 0.955. The summed E-state index contributed by atoms with van der Waals surface area (Å²) >= 11 is 0. The fourth-order valence-corrected chi connectivity index (χ4v) is 3.33. The molecule has 0 bridgehead atoms. The van der Waals surface area contributed by atoms with Gasteiger partial charge in [-0.05, 0) is 25.2 Å². The van der Waals surface area contributed by atoms with Gasteiger partial charge in [0, 0.05) is 19.7 Å². The lowest BCUT2D eigenvalue weighted by atomic mass is 9.94. The first-order valence-corrected chi connectivity index (χ1v) is 11.4. The van der Waals surface area contributed by atoms with Gasteiger partial charge in [0.2, 0.25) is 0 Å². The van der Waals surface area contributed by atoms with Crippen molar-refractivity contribution in [1.82, 2.24) is 5.32 Å². The van der Waals surface area contributed by atoms with Crippen molar-refractivity contribution in [2.45, 2.75) is 110 Å². The van der Waals surface area contributed by atoms with E-state index in [9.17, 15) is 0 Å². The van der Waals surface area contributed by atoms with Crippen molar-refractivity contribution in [3.05, 3.63) is 0 Å². The normalized spacial score (nSPS) is 12.6. The minimum absolute atomic E-state index is 0. The topological polar surface area (TPSA) is 70.6 Å². The lowest BCUT2D eigenvalue weighted by molar-refractivity contribution is 0.289. The maximum atomic E-state index is 8.82. The summed E-state index contributed by atoms with van der Waals surface area (Å²) in [5.41, 5.74) is 5.94. The first kappa shape index (κ1) is 28.7. The molecule has 4 nitrogen and oxygen atoms in total. The van der Waals surface area contributed by atoms with E-state index in [1.807, 2.05) is 0 Å². The third-order valence-electron chi connectivity index (χ3n) is 5.09. The largest absolute Gasteiger partial charge is 0.396 e. The molecule has 0 aromatic carbocycles. The predicted octanol–water partition coefficient (Wildman–Crippen LogP) is 5.81. The van der Waals surface area contributed by atoms with Crippen LogP contribution in [0, 0.1) is 5.92 Å². The van der Waals surface area contributed by atoms with Gasteiger partial charge in [-0.15, -0.1) is 12.4 Å². The molecule has 0 aromatic rings. The van der Waals surface area contributed by atoms with Gasteiger partial charge in [-0.25, -0.2) is 0 Å². The highest BCUT2D eigenvalue weighted by molar-refractivity contribution is 5.85. The Morgan fingerprint density at radius 3 is 1.78 bits per heavy atom. The number of guanidine groups is 1. The highest BCUT2D eigenvalue weighted by Gasteiger charge is 2.08. The Labute approximate surface area is 175 Å². The van der Waals surface area contributed by atoms with Crippen LogP contribution < -0.4 is 11.1 Å². The molecule has 0 aromatic heterocycles. The van der Waals surface area contributed by atoms with E-state index in [-0.39, 0.29) is 19.0 Å². The first-order valence-electron chi connectivity index (χ1n) is 11.4. The van der Waals surface area contributed by atoms with Crippen molar-refractivity contribution >= 4 is 18.4 Å². The van der Waals surface area contributed by atoms with Crippen LogP contribution in [0.15, 0.2) is 4.99 Å². The lowest BCUT2D eigenvalue weighted by Gasteiger charge is -2.15. The molecule has 0 aliphatic rings. The number of aliphatic imine (C=N–C) groups is 1. The predicted molar refractivity (Wildman–Crippen MR) is 123 cm³/mol. The van der Waals surface area contributed by atoms with Crippen LogP contribution in [-0.2, 0) is 0 Å². The van der Waals surface area contributed by atoms with Crippen LogP contribution in [0.3, 0.4) is 0 Å². The third-order valence-corrected chi connectivity index (χ3v) is 5.09. The van der Waals surface area contributed by atoms with Gasteiger partial charge >= 0.3 is 0 Å². The van der Waals surface area contributed by atoms with Crippen molar-refractivity contribution in [3.8, 4) is 0 Å². The van der Waals surface area contributed by atoms with Crippen molar-refractivity contribution in [2.24, 2.45) is 16.6 Å². The zero-order chi connectivity index (χ0) is 19.3. The Morgan fingerprint density at radius 2 is 1.30 bits per heavy atom. The monoisotopic (exact) mass is 405 g/mol. The van der Waals surface area contributed by atoms with E-state index in [2.05, 4.69) is 24.2 Å². The van der Waals surface area contributed by atoms with Crippen LogP contribution in [0.1, 0.15) is 110 Å². The van der Waals surface area contributed by atoms with Gasteiger partial charge in [-0.3, -0.25) is 4.99 Å². The van der Waals surface area contributed by atoms with Gasteiger partial charge in [0.05, 0.1) is 0 Å². The number of rotatable bonds is 19. The number of nitrogens with zero attached hydrogens (tertiary/aromatic N) is 1. The summed E-state index contributed by atoms with van der Waals surface area (Å²) in [6, 6.07) is 0. The van der Waals surface area contributed by atoms with Crippen LogP contribution in [-0.4, -0.2) is 30.8 Å². The van der Waals surface area contributed by atoms with E-state index in [1.54, 1.807) is 0 Å². The Kier molecular flexibility index (Phi) is 25.1. The second-order valence-corrected chi connectivity index (χ2v) is 7.71. The molecule has 1 unspecified atom stereocenters. The molecule has 0 rings (SSSR count). The molecule has 0 saturated heterocycles. The number of aliphatic hydroxyl groups is 1. The molecule has 0 saturated carbocycles. The molecule has 5 heteroatoms. The van der Waals surface area contributed by atoms with Gasteiger partial charge in [0.15, 0.2) is 5.96 Å². The molecule has 0 heterocycles. The Morgan fingerprint density at radius 1 is 0.815 bits per heavy atom. The van der Waals surface area contributed by atoms with Crippen molar-refractivity contribution in [3.63, 3.8) is 0 Å². The number of hydrogen-bond donors (Lipinski definition) is 3. The standard InChI is InChI=1S/C22H47N3O.ClH/c1-3-5-7-9-10-12-14-17-21(16-13-11-8-6-4-2)20-25-22(23)24-18-15-19-26;/h21,26H,3-20H2,1-2H3,(H3,23,24,25);1H. The second kappa shape index (κ2) is 23.6. The Balaban J connectivity index is 0. The number of halogens is 1. The zero-order valence-corrected chi connectivity index (χ0v) is 19.0. The molecule has 4 N–H and O–H groups in total. The SMILES string of the molecule is CCCCCCCCCC(CCCCCCC)CN=C(N)NCCCO.Cl. The Hall–Kier alpha value is -0.480. The third kappa shape index (κ3) is 21.7. The molecule has 0 amide bonds. The average molecular weight is 406 g/mol. The number of nitrogens with one attached hydrogen (secondary N) is 1.